The van der Waals surface area contributed by atoms with Crippen molar-refractivity contribution in [3.8, 4) is 0 Å². The average Bonchev–Trinajstić information content (AvgIpc) is 2.36. The summed E-state index contributed by atoms with van der Waals surface area (Å²) < 4.78 is 23.6. The molecule has 0 aromatic rings. The molecule has 1 aliphatic carbocycles. The number of hydrogen-bond acceptors (Lipinski definition) is 3. The van der Waals surface area contributed by atoms with Crippen molar-refractivity contribution in [1.82, 2.24) is 5.32 Å². The summed E-state index contributed by atoms with van der Waals surface area (Å²) in [6, 6.07) is 0.00403. The lowest BCUT2D eigenvalue weighted by Gasteiger charge is -2.08. The third-order valence-electron chi connectivity index (χ3n) is 2.88. The fourth-order valence-corrected chi connectivity index (χ4v) is 4.13. The molecule has 2 rings (SSSR count). The maximum absolute atomic E-state index is 11.8. The van der Waals surface area contributed by atoms with E-state index in [1.165, 1.54) is 0 Å². The van der Waals surface area contributed by atoms with E-state index in [-0.39, 0.29) is 11.8 Å². The van der Waals surface area contributed by atoms with Gasteiger partial charge in [-0.05, 0) is 31.9 Å². The van der Waals surface area contributed by atoms with Gasteiger partial charge in [0.05, 0.1) is 5.75 Å². The zero-order valence-corrected chi connectivity index (χ0v) is 9.10. The van der Waals surface area contributed by atoms with E-state index in [0.29, 0.717) is 11.3 Å². The maximum Gasteiger partial charge on any atom is 0.176 e. The molecular formula is C10H15NO2S. The second kappa shape index (κ2) is 3.51. The summed E-state index contributed by atoms with van der Waals surface area (Å²) in [6.45, 7) is 0. The Balaban J connectivity index is 2.47. The molecule has 0 spiro atoms. The first-order valence-corrected chi connectivity index (χ1v) is 6.60. The second-order valence-electron chi connectivity index (χ2n) is 3.80. The molecule has 0 bridgehead atoms. The fourth-order valence-electron chi connectivity index (χ4n) is 2.12. The zero-order chi connectivity index (χ0) is 10.2. The van der Waals surface area contributed by atoms with Gasteiger partial charge in [0, 0.05) is 10.9 Å². The molecule has 78 valence electrons. The number of hydrogen-bond donors (Lipinski definition) is 1. The number of allylic oxidation sites excluding steroid dienone is 2. The van der Waals surface area contributed by atoms with Gasteiger partial charge in [0.25, 0.3) is 0 Å². The van der Waals surface area contributed by atoms with Gasteiger partial charge in [-0.1, -0.05) is 12.2 Å². The Morgan fingerprint density at radius 3 is 3.00 bits per heavy atom. The number of likely N-dealkylation sites (N-methyl/N-ethyl adjacent to an activating group) is 1. The van der Waals surface area contributed by atoms with Crippen molar-refractivity contribution in [2.75, 3.05) is 12.8 Å². The van der Waals surface area contributed by atoms with Gasteiger partial charge in [0.15, 0.2) is 9.84 Å². The topological polar surface area (TPSA) is 46.2 Å². The predicted molar refractivity (Wildman–Crippen MR) is 56.7 cm³/mol. The van der Waals surface area contributed by atoms with E-state index in [1.807, 2.05) is 13.1 Å². The molecule has 0 radical (unpaired) electrons. The summed E-state index contributed by atoms with van der Waals surface area (Å²) in [6.07, 6.45) is 6.70. The average molecular weight is 213 g/mol. The van der Waals surface area contributed by atoms with E-state index in [4.69, 9.17) is 0 Å². The van der Waals surface area contributed by atoms with Gasteiger partial charge in [-0.2, -0.15) is 0 Å². The Kier molecular flexibility index (Phi) is 2.49. The number of nitrogens with one attached hydrogen (secondary N) is 1. The molecule has 0 amide bonds. The number of rotatable bonds is 1. The minimum atomic E-state index is -2.97. The van der Waals surface area contributed by atoms with Crippen LogP contribution in [0.25, 0.3) is 0 Å². The van der Waals surface area contributed by atoms with E-state index in [2.05, 4.69) is 11.4 Å². The molecule has 1 atom stereocenters. The van der Waals surface area contributed by atoms with E-state index in [1.54, 1.807) is 0 Å². The quantitative estimate of drug-likeness (QED) is 0.706. The Hall–Kier alpha value is -0.610. The molecule has 0 aromatic carbocycles. The lowest BCUT2D eigenvalue weighted by Crippen LogP contribution is -2.28. The summed E-state index contributed by atoms with van der Waals surface area (Å²) in [7, 11) is -1.15. The molecule has 0 fully saturated rings. The molecule has 3 nitrogen and oxygen atoms in total. The molecule has 1 aliphatic heterocycles. The lowest BCUT2D eigenvalue weighted by atomic mass is 10.1. The molecule has 0 aromatic heterocycles. The fraction of sp³-hybridized carbons (Fsp3) is 0.600. The highest BCUT2D eigenvalue weighted by molar-refractivity contribution is 7.95. The summed E-state index contributed by atoms with van der Waals surface area (Å²) in [4.78, 5) is 0.672. The van der Waals surface area contributed by atoms with Crippen LogP contribution in [0.1, 0.15) is 19.3 Å². The van der Waals surface area contributed by atoms with Crippen LogP contribution >= 0.6 is 0 Å². The summed E-state index contributed by atoms with van der Waals surface area (Å²) >= 11 is 0. The van der Waals surface area contributed by atoms with E-state index >= 15 is 0 Å². The second-order valence-corrected chi connectivity index (χ2v) is 5.85. The SMILES string of the molecule is CN[C@H]1CS(=O)(=O)C2=C1C=CCCC2. The van der Waals surface area contributed by atoms with E-state index in [0.717, 1.165) is 18.4 Å². The van der Waals surface area contributed by atoms with Gasteiger partial charge in [0.2, 0.25) is 0 Å². The summed E-state index contributed by atoms with van der Waals surface area (Å²) in [5, 5.41) is 3.06. The maximum atomic E-state index is 11.8. The molecule has 2 aliphatic rings. The van der Waals surface area contributed by atoms with Crippen LogP contribution in [-0.4, -0.2) is 27.3 Å². The minimum Gasteiger partial charge on any atom is -0.312 e. The van der Waals surface area contributed by atoms with Crippen molar-refractivity contribution < 1.29 is 8.42 Å². The molecule has 4 heteroatoms. The largest absolute Gasteiger partial charge is 0.312 e. The molecule has 0 unspecified atom stereocenters. The van der Waals surface area contributed by atoms with Crippen molar-refractivity contribution in [3.63, 3.8) is 0 Å². The minimum absolute atomic E-state index is 0.00403. The van der Waals surface area contributed by atoms with Crippen LogP contribution < -0.4 is 5.32 Å². The van der Waals surface area contributed by atoms with Crippen LogP contribution in [-0.2, 0) is 9.84 Å². The van der Waals surface area contributed by atoms with Crippen LogP contribution in [0.15, 0.2) is 22.6 Å². The Morgan fingerprint density at radius 2 is 2.29 bits per heavy atom. The van der Waals surface area contributed by atoms with E-state index in [9.17, 15) is 8.42 Å². The molecule has 1 heterocycles. The van der Waals surface area contributed by atoms with Gasteiger partial charge in [0.1, 0.15) is 0 Å². The van der Waals surface area contributed by atoms with Crippen molar-refractivity contribution in [2.45, 2.75) is 25.3 Å². The normalized spacial score (nSPS) is 30.2. The monoisotopic (exact) mass is 213 g/mol. The molecule has 0 saturated carbocycles. The summed E-state index contributed by atoms with van der Waals surface area (Å²) in [5.74, 6) is 0.235. The van der Waals surface area contributed by atoms with Gasteiger partial charge >= 0.3 is 0 Å². The van der Waals surface area contributed by atoms with Gasteiger partial charge < -0.3 is 5.32 Å². The highest BCUT2D eigenvalue weighted by Gasteiger charge is 2.35. The van der Waals surface area contributed by atoms with Crippen molar-refractivity contribution in [3.05, 3.63) is 22.6 Å². The Labute approximate surface area is 84.8 Å². The lowest BCUT2D eigenvalue weighted by molar-refractivity contribution is 0.596. The van der Waals surface area contributed by atoms with Crippen LogP contribution in [0.2, 0.25) is 0 Å². The molecule has 14 heavy (non-hydrogen) atoms. The standard InChI is InChI=1S/C10H15NO2S/c1-11-9-7-14(12,13)10-6-4-2-3-5-8(9)10/h3,5,9,11H,2,4,6-7H2,1H3/t9-/m0/s1. The summed E-state index contributed by atoms with van der Waals surface area (Å²) in [5.41, 5.74) is 0.991. The smallest absolute Gasteiger partial charge is 0.176 e. The highest BCUT2D eigenvalue weighted by Crippen LogP contribution is 2.32. The van der Waals surface area contributed by atoms with Crippen LogP contribution in [0.4, 0.5) is 0 Å². The van der Waals surface area contributed by atoms with Crippen LogP contribution in [0.3, 0.4) is 0 Å². The zero-order valence-electron chi connectivity index (χ0n) is 8.29. The first-order valence-electron chi connectivity index (χ1n) is 4.95. The van der Waals surface area contributed by atoms with Gasteiger partial charge in [-0.25, -0.2) is 8.42 Å². The molecule has 1 N–H and O–H groups in total. The van der Waals surface area contributed by atoms with Gasteiger partial charge in [-0.3, -0.25) is 0 Å². The third kappa shape index (κ3) is 1.53. The Bertz CT molecular complexity index is 392. The van der Waals surface area contributed by atoms with Crippen molar-refractivity contribution >= 4 is 9.84 Å². The molecule has 0 saturated heterocycles. The predicted octanol–water partition coefficient (Wildman–Crippen LogP) is 0.997. The van der Waals surface area contributed by atoms with Crippen molar-refractivity contribution in [2.24, 2.45) is 0 Å². The van der Waals surface area contributed by atoms with E-state index < -0.39 is 9.84 Å². The molecular weight excluding hydrogens is 198 g/mol. The first kappa shape index (κ1) is 9.93. The first-order chi connectivity index (χ1) is 6.65. The Morgan fingerprint density at radius 1 is 1.50 bits per heavy atom. The van der Waals surface area contributed by atoms with Crippen molar-refractivity contribution in [1.29, 1.82) is 0 Å². The highest BCUT2D eigenvalue weighted by atomic mass is 32.2. The van der Waals surface area contributed by atoms with Gasteiger partial charge in [-0.15, -0.1) is 0 Å². The van der Waals surface area contributed by atoms with Crippen LogP contribution in [0.5, 0.6) is 0 Å². The third-order valence-corrected chi connectivity index (χ3v) is 4.84. The van der Waals surface area contributed by atoms with Crippen LogP contribution in [0, 0.1) is 0 Å². The number of sulfone groups is 1.